The summed E-state index contributed by atoms with van der Waals surface area (Å²) in [5.74, 6) is -0.507. The molecule has 0 aromatic rings. The van der Waals surface area contributed by atoms with Crippen molar-refractivity contribution < 1.29 is 54.8 Å². The Bertz CT molecular complexity index is 559. The maximum Gasteiger partial charge on any atom is 0.221 e. The Morgan fingerprint density at radius 2 is 1.59 bits per heavy atom. The molecule has 7 N–H and O–H groups in total. The van der Waals surface area contributed by atoms with E-state index in [0.29, 0.717) is 0 Å². The number of hydrogen-bond donors (Lipinski definition) is 7. The van der Waals surface area contributed by atoms with Gasteiger partial charge in [-0.1, -0.05) is 0 Å². The summed E-state index contributed by atoms with van der Waals surface area (Å²) in [4.78, 5) is 12.9. The SMILES string of the molecule is [CH+]=CCN(C(C)=O)[C@@H]1O[C@@H](CO)[C@@H](O[C@@H]2OC(CO)[C@@H](O)[C@H](O)C2O)C(O)C1O. The quantitative estimate of drug-likeness (QED) is 0.196. The molecule has 0 saturated carbocycles. The van der Waals surface area contributed by atoms with Crippen molar-refractivity contribution in [2.75, 3.05) is 19.8 Å². The number of hydrogen-bond acceptors (Lipinski definition) is 11. The third-order valence-electron chi connectivity index (χ3n) is 4.99. The fraction of sp³-hybridized carbons (Fsp3) is 0.824. The molecule has 4 unspecified atom stereocenters. The molecule has 2 saturated heterocycles. The van der Waals surface area contributed by atoms with E-state index in [1.165, 1.54) is 6.92 Å². The summed E-state index contributed by atoms with van der Waals surface area (Å²) in [5.41, 5.74) is 0. The fourth-order valence-corrected chi connectivity index (χ4v) is 3.35. The molecule has 0 bridgehead atoms. The molecule has 1 amide bonds. The molecule has 0 radical (unpaired) electrons. The Kier molecular flexibility index (Phi) is 8.40. The first kappa shape index (κ1) is 24.0. The van der Waals surface area contributed by atoms with Crippen LogP contribution in [0.15, 0.2) is 6.08 Å². The van der Waals surface area contributed by atoms with Gasteiger partial charge in [0, 0.05) is 6.92 Å². The highest BCUT2D eigenvalue weighted by Gasteiger charge is 2.51. The van der Waals surface area contributed by atoms with Gasteiger partial charge in [-0.3, -0.25) is 4.79 Å². The average molecular weight is 422 g/mol. The number of carbonyl (C=O) groups is 1. The normalized spacial score (nSPS) is 43.0. The lowest BCUT2D eigenvalue weighted by atomic mass is 9.96. The zero-order chi connectivity index (χ0) is 21.9. The predicted molar refractivity (Wildman–Crippen MR) is 92.7 cm³/mol. The van der Waals surface area contributed by atoms with Crippen molar-refractivity contribution in [3.8, 4) is 0 Å². The molecule has 2 heterocycles. The van der Waals surface area contributed by atoms with Gasteiger partial charge in [-0.15, -0.1) is 0 Å². The lowest BCUT2D eigenvalue weighted by Crippen LogP contribution is -2.67. The van der Waals surface area contributed by atoms with Gasteiger partial charge in [0.15, 0.2) is 18.6 Å². The molecule has 12 heteroatoms. The van der Waals surface area contributed by atoms with Crippen LogP contribution in [0, 0.1) is 6.58 Å². The van der Waals surface area contributed by atoms with Gasteiger partial charge in [-0.05, 0) is 0 Å². The topological polar surface area (TPSA) is 190 Å². The van der Waals surface area contributed by atoms with Crippen molar-refractivity contribution in [1.29, 1.82) is 0 Å². The molecule has 12 nitrogen and oxygen atoms in total. The van der Waals surface area contributed by atoms with E-state index in [-0.39, 0.29) is 6.54 Å². The van der Waals surface area contributed by atoms with Crippen LogP contribution in [0.5, 0.6) is 0 Å². The first-order valence-electron chi connectivity index (χ1n) is 9.06. The molecule has 2 rings (SSSR count). The second-order valence-electron chi connectivity index (χ2n) is 6.93. The number of rotatable bonds is 7. The van der Waals surface area contributed by atoms with Crippen LogP contribution in [-0.4, -0.2) is 128 Å². The number of carbonyl (C=O) groups excluding carboxylic acids is 1. The van der Waals surface area contributed by atoms with Crippen LogP contribution < -0.4 is 0 Å². The van der Waals surface area contributed by atoms with E-state index in [4.69, 9.17) is 20.8 Å². The van der Waals surface area contributed by atoms with Crippen LogP contribution in [0.1, 0.15) is 6.92 Å². The summed E-state index contributed by atoms with van der Waals surface area (Å²) >= 11 is 0. The Hall–Kier alpha value is -1.28. The summed E-state index contributed by atoms with van der Waals surface area (Å²) in [5, 5.41) is 69.6. The molecule has 2 aliphatic heterocycles. The molecule has 2 aliphatic rings. The monoisotopic (exact) mass is 422 g/mol. The zero-order valence-electron chi connectivity index (χ0n) is 15.8. The minimum atomic E-state index is -1.75. The van der Waals surface area contributed by atoms with Crippen LogP contribution in [0.2, 0.25) is 0 Å². The molecular weight excluding hydrogens is 394 g/mol. The van der Waals surface area contributed by atoms with Gasteiger partial charge in [0.05, 0.1) is 19.8 Å². The minimum Gasteiger partial charge on any atom is -0.394 e. The summed E-state index contributed by atoms with van der Waals surface area (Å²) in [7, 11) is 0. The number of aliphatic hydroxyl groups is 7. The lowest BCUT2D eigenvalue weighted by molar-refractivity contribution is -0.347. The highest BCUT2D eigenvalue weighted by molar-refractivity contribution is 5.73. The average Bonchev–Trinajstić information content (AvgIpc) is 2.70. The standard InChI is InChI=1S/C17H28NO11/c1-3-4-18(7(2)21)16-13(25)12(24)15(9(6-20)27-16)29-17-14(26)11(23)10(22)8(5-19)28-17/h1,3,8-17,19-20,22-26H,4-6H2,2H3/q+1/t8?,9-,10+,11-,12?,13?,14?,15+,16+,17-/m0/s1. The van der Waals surface area contributed by atoms with Crippen molar-refractivity contribution >= 4 is 5.91 Å². The number of nitrogens with zero attached hydrogens (tertiary/aromatic N) is 1. The van der Waals surface area contributed by atoms with E-state index in [1.807, 2.05) is 0 Å². The van der Waals surface area contributed by atoms with E-state index in [2.05, 4.69) is 0 Å². The molecule has 0 spiro atoms. The molecule has 10 atom stereocenters. The second-order valence-corrected chi connectivity index (χ2v) is 6.93. The zero-order valence-corrected chi connectivity index (χ0v) is 15.8. The smallest absolute Gasteiger partial charge is 0.221 e. The highest BCUT2D eigenvalue weighted by Crippen LogP contribution is 2.30. The van der Waals surface area contributed by atoms with E-state index in [1.54, 1.807) is 0 Å². The number of amides is 1. The molecule has 2 fully saturated rings. The lowest BCUT2D eigenvalue weighted by Gasteiger charge is -2.47. The Morgan fingerprint density at radius 3 is 2.10 bits per heavy atom. The van der Waals surface area contributed by atoms with Gasteiger partial charge in [0.25, 0.3) is 0 Å². The van der Waals surface area contributed by atoms with E-state index < -0.39 is 80.5 Å². The van der Waals surface area contributed by atoms with Crippen LogP contribution in [0.25, 0.3) is 0 Å². The fourth-order valence-electron chi connectivity index (χ4n) is 3.35. The van der Waals surface area contributed by atoms with Gasteiger partial charge in [-0.2, -0.15) is 0 Å². The van der Waals surface area contributed by atoms with E-state index in [9.17, 15) is 40.5 Å². The third-order valence-corrected chi connectivity index (χ3v) is 4.99. The summed E-state index contributed by atoms with van der Waals surface area (Å²) < 4.78 is 16.2. The van der Waals surface area contributed by atoms with Crippen LogP contribution in [0.3, 0.4) is 0 Å². The Labute approximate surface area is 167 Å². The largest absolute Gasteiger partial charge is 0.394 e. The predicted octanol–water partition coefficient (Wildman–Crippen LogP) is -4.55. The van der Waals surface area contributed by atoms with Crippen LogP contribution >= 0.6 is 0 Å². The van der Waals surface area contributed by atoms with Gasteiger partial charge in [-0.25, -0.2) is 0 Å². The first-order valence-corrected chi connectivity index (χ1v) is 9.06. The van der Waals surface area contributed by atoms with Crippen LogP contribution in [0.4, 0.5) is 0 Å². The molecule has 0 aromatic carbocycles. The highest BCUT2D eigenvalue weighted by atomic mass is 16.7. The van der Waals surface area contributed by atoms with Crippen LogP contribution in [-0.2, 0) is 19.0 Å². The van der Waals surface area contributed by atoms with Gasteiger partial charge >= 0.3 is 0 Å². The minimum absolute atomic E-state index is 0.0971. The molecule has 0 aromatic heterocycles. The van der Waals surface area contributed by atoms with Crippen molar-refractivity contribution in [3.05, 3.63) is 12.7 Å². The number of aliphatic hydroxyl groups excluding tert-OH is 7. The number of ether oxygens (including phenoxy) is 3. The summed E-state index contributed by atoms with van der Waals surface area (Å²) in [6.07, 6.45) is -14.2. The summed E-state index contributed by atoms with van der Waals surface area (Å²) in [6, 6.07) is 0. The maximum absolute atomic E-state index is 11.8. The third kappa shape index (κ3) is 4.90. The van der Waals surface area contributed by atoms with Gasteiger partial charge in [0.1, 0.15) is 48.8 Å². The molecule has 29 heavy (non-hydrogen) atoms. The Balaban J connectivity index is 2.19. The molecule has 0 aliphatic carbocycles. The van der Waals surface area contributed by atoms with Gasteiger partial charge < -0.3 is 54.9 Å². The van der Waals surface area contributed by atoms with E-state index in [0.717, 1.165) is 11.0 Å². The van der Waals surface area contributed by atoms with Crippen molar-refractivity contribution in [1.82, 2.24) is 4.90 Å². The van der Waals surface area contributed by atoms with Crippen molar-refractivity contribution in [2.24, 2.45) is 0 Å². The first-order chi connectivity index (χ1) is 13.7. The summed E-state index contributed by atoms with van der Waals surface area (Å²) in [6.45, 7) is 5.06. The van der Waals surface area contributed by atoms with Crippen molar-refractivity contribution in [2.45, 2.75) is 68.3 Å². The van der Waals surface area contributed by atoms with Crippen molar-refractivity contribution in [3.63, 3.8) is 0 Å². The second kappa shape index (κ2) is 10.2. The Morgan fingerprint density at radius 1 is 0.966 bits per heavy atom. The van der Waals surface area contributed by atoms with E-state index >= 15 is 0 Å². The maximum atomic E-state index is 11.8. The van der Waals surface area contributed by atoms with Gasteiger partial charge in [0.2, 0.25) is 12.5 Å². The molecule has 166 valence electrons. The molecular formula is C17H28NO11+.